The second-order valence-electron chi connectivity index (χ2n) is 6.40. The van der Waals surface area contributed by atoms with Gasteiger partial charge in [0.25, 0.3) is 5.91 Å². The summed E-state index contributed by atoms with van der Waals surface area (Å²) in [5, 5.41) is 12.7. The van der Waals surface area contributed by atoms with Gasteiger partial charge in [0.15, 0.2) is 11.0 Å². The number of carbonyl (C=O) groups is 2. The van der Waals surface area contributed by atoms with Crippen LogP contribution in [0.5, 0.6) is 0 Å². The lowest BCUT2D eigenvalue weighted by molar-refractivity contribution is 0.0538. The number of carboxylic acid groups (broad SMARTS) is 1. The number of amides is 1. The molecule has 3 N–H and O–H groups in total. The zero-order valence-corrected chi connectivity index (χ0v) is 16.3. The van der Waals surface area contributed by atoms with E-state index >= 15 is 0 Å². The van der Waals surface area contributed by atoms with Crippen molar-refractivity contribution in [2.45, 2.75) is 38.8 Å². The molecule has 1 aliphatic heterocycles. The molecule has 10 heteroatoms. The highest BCUT2D eigenvalue weighted by molar-refractivity contribution is 7.17. The molecule has 146 valence electrons. The van der Waals surface area contributed by atoms with Gasteiger partial charge >= 0.3 is 5.97 Å². The smallest absolute Gasteiger partial charge is 0.347 e. The monoisotopic (exact) mass is 393 g/mol. The number of carbonyl (C=O) groups excluding carboxylic acids is 1. The maximum atomic E-state index is 12.5. The predicted octanol–water partition coefficient (Wildman–Crippen LogP) is 1.46. The van der Waals surface area contributed by atoms with Crippen molar-refractivity contribution >= 4 is 28.3 Å². The fourth-order valence-corrected chi connectivity index (χ4v) is 3.98. The van der Waals surface area contributed by atoms with E-state index in [0.717, 1.165) is 29.1 Å². The van der Waals surface area contributed by atoms with Crippen molar-refractivity contribution in [2.75, 3.05) is 25.1 Å². The first kappa shape index (κ1) is 19.3. The number of ether oxygens (including phenoxy) is 1. The molecule has 0 spiro atoms. The van der Waals surface area contributed by atoms with Gasteiger partial charge in [-0.1, -0.05) is 18.3 Å². The predicted molar refractivity (Wildman–Crippen MR) is 101 cm³/mol. The molecule has 0 saturated carbocycles. The second kappa shape index (κ2) is 8.05. The number of anilines is 1. The van der Waals surface area contributed by atoms with Gasteiger partial charge in [-0.15, -0.1) is 0 Å². The van der Waals surface area contributed by atoms with Crippen LogP contribution < -0.4 is 10.2 Å². The Bertz CT molecular complexity index is 833. The number of thiazole rings is 1. The minimum Gasteiger partial charge on any atom is -0.477 e. The summed E-state index contributed by atoms with van der Waals surface area (Å²) in [5.41, 5.74) is 1.79. The molecule has 0 aliphatic carbocycles. The number of rotatable bonds is 6. The molecular weight excluding hydrogens is 370 g/mol. The summed E-state index contributed by atoms with van der Waals surface area (Å²) >= 11 is 1.14. The van der Waals surface area contributed by atoms with Crippen LogP contribution in [0.3, 0.4) is 0 Å². The minimum atomic E-state index is -0.982. The third-order valence-electron chi connectivity index (χ3n) is 4.71. The van der Waals surface area contributed by atoms with Crippen LogP contribution in [0.15, 0.2) is 6.20 Å². The number of carboxylic acids is 1. The maximum absolute atomic E-state index is 12.5. The average molecular weight is 393 g/mol. The number of hydrogen-bond donors (Lipinski definition) is 3. The zero-order chi connectivity index (χ0) is 19.6. The van der Waals surface area contributed by atoms with Crippen molar-refractivity contribution in [3.05, 3.63) is 28.3 Å². The van der Waals surface area contributed by atoms with Crippen LogP contribution in [-0.2, 0) is 11.2 Å². The molecule has 9 nitrogen and oxygen atoms in total. The Morgan fingerprint density at radius 3 is 2.89 bits per heavy atom. The van der Waals surface area contributed by atoms with Crippen LogP contribution in [0.1, 0.15) is 45.0 Å². The molecular formula is C17H23N5O4S. The maximum Gasteiger partial charge on any atom is 0.347 e. The van der Waals surface area contributed by atoms with E-state index in [1.54, 1.807) is 7.11 Å². The van der Waals surface area contributed by atoms with E-state index in [9.17, 15) is 9.59 Å². The minimum absolute atomic E-state index is 0.159. The van der Waals surface area contributed by atoms with Crippen molar-refractivity contribution in [3.8, 4) is 0 Å². The molecule has 2 aromatic rings. The van der Waals surface area contributed by atoms with Crippen molar-refractivity contribution in [1.29, 1.82) is 0 Å². The first-order chi connectivity index (χ1) is 12.9. The molecule has 1 unspecified atom stereocenters. The van der Waals surface area contributed by atoms with Gasteiger partial charge in [-0.2, -0.15) is 0 Å². The molecule has 1 amide bonds. The Labute approximate surface area is 160 Å². The number of piperidine rings is 1. The Morgan fingerprint density at radius 2 is 2.30 bits per heavy atom. The largest absolute Gasteiger partial charge is 0.477 e. The molecule has 2 aromatic heterocycles. The molecule has 0 aromatic carbocycles. The molecule has 1 fully saturated rings. The number of aromatic carboxylic acids is 1. The van der Waals surface area contributed by atoms with Crippen LogP contribution in [0, 0.1) is 6.92 Å². The van der Waals surface area contributed by atoms with E-state index < -0.39 is 5.97 Å². The van der Waals surface area contributed by atoms with Crippen molar-refractivity contribution in [1.82, 2.24) is 20.3 Å². The summed E-state index contributed by atoms with van der Waals surface area (Å²) in [4.78, 5) is 37.3. The number of H-pyrrole nitrogens is 1. The topological polar surface area (TPSA) is 120 Å². The molecule has 27 heavy (non-hydrogen) atoms. The van der Waals surface area contributed by atoms with Crippen molar-refractivity contribution < 1.29 is 19.4 Å². The van der Waals surface area contributed by atoms with Gasteiger partial charge in [0, 0.05) is 25.9 Å². The van der Waals surface area contributed by atoms with Gasteiger partial charge in [-0.05, 0) is 19.8 Å². The van der Waals surface area contributed by atoms with E-state index in [1.165, 1.54) is 6.20 Å². The lowest BCUT2D eigenvalue weighted by atomic mass is 10.0. The Balaban J connectivity index is 1.65. The third-order valence-corrected chi connectivity index (χ3v) is 5.75. The molecule has 2 atom stereocenters. The van der Waals surface area contributed by atoms with Crippen LogP contribution in [-0.4, -0.2) is 64.3 Å². The number of aromatic nitrogens is 3. The zero-order valence-electron chi connectivity index (χ0n) is 15.5. The van der Waals surface area contributed by atoms with E-state index in [1.807, 2.05) is 18.7 Å². The fourth-order valence-electron chi connectivity index (χ4n) is 3.19. The number of hydrogen-bond acceptors (Lipinski definition) is 7. The molecule has 3 rings (SSSR count). The van der Waals surface area contributed by atoms with Crippen molar-refractivity contribution in [3.63, 3.8) is 0 Å². The molecule has 0 radical (unpaired) electrons. The Morgan fingerprint density at radius 1 is 1.52 bits per heavy atom. The van der Waals surface area contributed by atoms with E-state index in [2.05, 4.69) is 20.3 Å². The Hall–Kier alpha value is -2.46. The molecule has 3 heterocycles. The Kier molecular flexibility index (Phi) is 5.76. The van der Waals surface area contributed by atoms with Gasteiger partial charge in [0.1, 0.15) is 4.88 Å². The summed E-state index contributed by atoms with van der Waals surface area (Å²) in [6, 6.07) is -0.159. The lowest BCUT2D eigenvalue weighted by Gasteiger charge is -2.37. The number of aromatic amines is 1. The van der Waals surface area contributed by atoms with Gasteiger partial charge < -0.3 is 25.0 Å². The summed E-state index contributed by atoms with van der Waals surface area (Å²) in [6.07, 6.45) is 2.58. The quantitative estimate of drug-likeness (QED) is 0.679. The number of aryl methyl sites for hydroxylation is 2. The highest BCUT2D eigenvalue weighted by atomic mass is 32.1. The van der Waals surface area contributed by atoms with Gasteiger partial charge in [0.05, 0.1) is 24.0 Å². The first-order valence-electron chi connectivity index (χ1n) is 8.76. The number of nitrogens with zero attached hydrogens (tertiary/aromatic N) is 3. The standard InChI is InChI=1S/C17H23N5O4S/c1-4-10-9(2)19-14(20-10)15(23)21-11-5-6-22(8-12(11)26-3)17-18-7-13(27-17)16(24)25/h7,11-12H,4-6,8H2,1-3H3,(H,19,20)(H,21,23)(H,24,25)/t11?,12-/m0/s1. The second-order valence-corrected chi connectivity index (χ2v) is 7.41. The summed E-state index contributed by atoms with van der Waals surface area (Å²) in [6.45, 7) is 5.05. The summed E-state index contributed by atoms with van der Waals surface area (Å²) in [7, 11) is 1.60. The third kappa shape index (κ3) is 4.11. The number of imidazole rings is 1. The lowest BCUT2D eigenvalue weighted by Crippen LogP contribution is -2.55. The van der Waals surface area contributed by atoms with Crippen LogP contribution >= 0.6 is 11.3 Å². The molecule has 0 bridgehead atoms. The van der Waals surface area contributed by atoms with Crippen molar-refractivity contribution in [2.24, 2.45) is 0 Å². The fraction of sp³-hybridized carbons (Fsp3) is 0.529. The highest BCUT2D eigenvalue weighted by Gasteiger charge is 2.32. The number of methoxy groups -OCH3 is 1. The van der Waals surface area contributed by atoms with Crippen LogP contribution in [0.25, 0.3) is 0 Å². The summed E-state index contributed by atoms with van der Waals surface area (Å²) < 4.78 is 5.57. The number of nitrogens with one attached hydrogen (secondary N) is 2. The summed E-state index contributed by atoms with van der Waals surface area (Å²) in [5.74, 6) is -0.919. The SMILES string of the molecule is CCc1[nH]c(C(=O)NC2CCN(c3ncc(C(=O)O)s3)C[C@@H]2OC)nc1C. The normalized spacial score (nSPS) is 19.9. The van der Waals surface area contributed by atoms with Gasteiger partial charge in [0.2, 0.25) is 0 Å². The highest BCUT2D eigenvalue weighted by Crippen LogP contribution is 2.26. The molecule has 1 aliphatic rings. The average Bonchev–Trinajstić information content (AvgIpc) is 3.29. The van der Waals surface area contributed by atoms with Gasteiger partial charge in [-0.3, -0.25) is 4.79 Å². The van der Waals surface area contributed by atoms with Crippen LogP contribution in [0.2, 0.25) is 0 Å². The van der Waals surface area contributed by atoms with E-state index in [4.69, 9.17) is 9.84 Å². The van der Waals surface area contributed by atoms with E-state index in [0.29, 0.717) is 30.5 Å². The first-order valence-corrected chi connectivity index (χ1v) is 9.57. The van der Waals surface area contributed by atoms with E-state index in [-0.39, 0.29) is 22.9 Å². The van der Waals surface area contributed by atoms with Gasteiger partial charge in [-0.25, -0.2) is 14.8 Å². The van der Waals surface area contributed by atoms with Crippen LogP contribution in [0.4, 0.5) is 5.13 Å². The molecule has 1 saturated heterocycles.